The van der Waals surface area contributed by atoms with Crippen LogP contribution in [-0.2, 0) is 14.6 Å². The van der Waals surface area contributed by atoms with E-state index >= 15 is 0 Å². The van der Waals surface area contributed by atoms with Crippen LogP contribution < -0.4 is 0 Å². The number of carboxylic acids is 1. The summed E-state index contributed by atoms with van der Waals surface area (Å²) in [6.45, 7) is 3.71. The van der Waals surface area contributed by atoms with Crippen molar-refractivity contribution in [1.29, 1.82) is 0 Å². The van der Waals surface area contributed by atoms with E-state index in [1.54, 1.807) is 0 Å². The molecule has 0 saturated heterocycles. The number of hydrogen-bond donors (Lipinski definition) is 1. The quantitative estimate of drug-likeness (QED) is 0.851. The molecule has 0 atom stereocenters. The van der Waals surface area contributed by atoms with E-state index in [-0.39, 0.29) is 28.9 Å². The maximum Gasteiger partial charge on any atom is 0.336 e. The van der Waals surface area contributed by atoms with Gasteiger partial charge in [-0.3, -0.25) is 0 Å². The summed E-state index contributed by atoms with van der Waals surface area (Å²) in [4.78, 5) is 10.9. The van der Waals surface area contributed by atoms with Crippen LogP contribution in [0.3, 0.4) is 0 Å². The van der Waals surface area contributed by atoms with Gasteiger partial charge in [0.15, 0.2) is 9.84 Å². The summed E-state index contributed by atoms with van der Waals surface area (Å²) in [5.74, 6) is -1.35. The van der Waals surface area contributed by atoms with Gasteiger partial charge in [-0.2, -0.15) is 0 Å². The number of halogens is 1. The Morgan fingerprint density at radius 2 is 2.05 bits per heavy atom. The fraction of sp³-hybridized carbons (Fsp3) is 0.417. The van der Waals surface area contributed by atoms with Gasteiger partial charge in [0, 0.05) is 4.47 Å². The van der Waals surface area contributed by atoms with Gasteiger partial charge < -0.3 is 9.84 Å². The Labute approximate surface area is 120 Å². The molecule has 0 saturated carbocycles. The highest BCUT2D eigenvalue weighted by Crippen LogP contribution is 2.21. The highest BCUT2D eigenvalue weighted by molar-refractivity contribution is 9.10. The second kappa shape index (κ2) is 6.49. The Balaban J connectivity index is 2.96. The van der Waals surface area contributed by atoms with Gasteiger partial charge in [0.1, 0.15) is 0 Å². The molecular formula is C12H15BrO5S. The van der Waals surface area contributed by atoms with E-state index in [1.807, 2.05) is 13.8 Å². The average molecular weight is 351 g/mol. The highest BCUT2D eigenvalue weighted by atomic mass is 79.9. The monoisotopic (exact) mass is 350 g/mol. The summed E-state index contributed by atoms with van der Waals surface area (Å²) in [7, 11) is -3.54. The van der Waals surface area contributed by atoms with Gasteiger partial charge in [-0.05, 0) is 48.0 Å². The molecule has 7 heteroatoms. The Morgan fingerprint density at radius 1 is 1.42 bits per heavy atom. The minimum atomic E-state index is -3.54. The minimum Gasteiger partial charge on any atom is -0.478 e. The van der Waals surface area contributed by atoms with E-state index in [2.05, 4.69) is 15.9 Å². The second-order valence-corrected chi connectivity index (χ2v) is 7.15. The van der Waals surface area contributed by atoms with Crippen molar-refractivity contribution in [3.05, 3.63) is 28.2 Å². The van der Waals surface area contributed by atoms with Crippen LogP contribution in [-0.4, -0.2) is 38.0 Å². The average Bonchev–Trinajstić information content (AvgIpc) is 2.27. The van der Waals surface area contributed by atoms with Crippen LogP contribution in [0.25, 0.3) is 0 Å². The van der Waals surface area contributed by atoms with Crippen LogP contribution in [0.5, 0.6) is 0 Å². The second-order valence-electron chi connectivity index (χ2n) is 4.19. The maximum absolute atomic E-state index is 12.0. The molecular weight excluding hydrogens is 336 g/mol. The van der Waals surface area contributed by atoms with E-state index in [9.17, 15) is 13.2 Å². The van der Waals surface area contributed by atoms with E-state index < -0.39 is 15.8 Å². The van der Waals surface area contributed by atoms with Gasteiger partial charge in [0.05, 0.1) is 28.9 Å². The Hall–Kier alpha value is -0.920. The van der Waals surface area contributed by atoms with Gasteiger partial charge >= 0.3 is 5.97 Å². The van der Waals surface area contributed by atoms with Crippen molar-refractivity contribution < 1.29 is 23.1 Å². The maximum atomic E-state index is 12.0. The lowest BCUT2D eigenvalue weighted by Gasteiger charge is -2.09. The predicted octanol–water partition coefficient (Wildman–Crippen LogP) is 2.35. The first kappa shape index (κ1) is 16.1. The number of sulfone groups is 1. The Morgan fingerprint density at radius 3 is 2.58 bits per heavy atom. The molecule has 1 aromatic carbocycles. The first-order valence-electron chi connectivity index (χ1n) is 5.61. The summed E-state index contributed by atoms with van der Waals surface area (Å²) in [5, 5.41) is 8.96. The standard InChI is InChI=1S/C12H15BrO5S/c1-8(2)18-5-6-19(16,17)9-3-4-11(13)10(7-9)12(14)15/h3-4,7-8H,5-6H2,1-2H3,(H,14,15). The van der Waals surface area contributed by atoms with Crippen molar-refractivity contribution in [1.82, 2.24) is 0 Å². The van der Waals surface area contributed by atoms with E-state index in [4.69, 9.17) is 9.84 Å². The third kappa shape index (κ3) is 4.59. The number of benzene rings is 1. The van der Waals surface area contributed by atoms with Crippen molar-refractivity contribution in [2.75, 3.05) is 12.4 Å². The fourth-order valence-corrected chi connectivity index (χ4v) is 2.91. The van der Waals surface area contributed by atoms with E-state index in [0.29, 0.717) is 4.47 Å². The number of carbonyl (C=O) groups is 1. The molecule has 1 rings (SSSR count). The molecule has 1 aromatic rings. The van der Waals surface area contributed by atoms with Crippen LogP contribution in [0.4, 0.5) is 0 Å². The van der Waals surface area contributed by atoms with Crippen LogP contribution in [0.2, 0.25) is 0 Å². The summed E-state index contributed by atoms with van der Waals surface area (Å²) >= 11 is 3.07. The van der Waals surface area contributed by atoms with Crippen LogP contribution >= 0.6 is 15.9 Å². The van der Waals surface area contributed by atoms with Crippen LogP contribution in [0, 0.1) is 0 Å². The number of hydrogen-bond acceptors (Lipinski definition) is 4. The first-order chi connectivity index (χ1) is 8.74. The topological polar surface area (TPSA) is 80.7 Å². The van der Waals surface area contributed by atoms with Gasteiger partial charge in [0.2, 0.25) is 0 Å². The number of carboxylic acid groups (broad SMARTS) is 1. The predicted molar refractivity (Wildman–Crippen MR) is 74.2 cm³/mol. The third-order valence-corrected chi connectivity index (χ3v) is 4.70. The molecule has 0 radical (unpaired) electrons. The minimum absolute atomic E-state index is 0.0135. The smallest absolute Gasteiger partial charge is 0.336 e. The fourth-order valence-electron chi connectivity index (χ4n) is 1.37. The van der Waals surface area contributed by atoms with Crippen molar-refractivity contribution in [2.24, 2.45) is 0 Å². The number of rotatable bonds is 6. The van der Waals surface area contributed by atoms with Crippen molar-refractivity contribution in [2.45, 2.75) is 24.8 Å². The molecule has 0 aliphatic heterocycles. The van der Waals surface area contributed by atoms with Gasteiger partial charge in [-0.15, -0.1) is 0 Å². The molecule has 0 bridgehead atoms. The summed E-state index contributed by atoms with van der Waals surface area (Å²) in [6, 6.07) is 3.94. The number of ether oxygens (including phenoxy) is 1. The molecule has 0 aliphatic rings. The van der Waals surface area contributed by atoms with E-state index in [0.717, 1.165) is 6.07 Å². The molecule has 19 heavy (non-hydrogen) atoms. The van der Waals surface area contributed by atoms with Gasteiger partial charge in [0.25, 0.3) is 0 Å². The molecule has 0 aromatic heterocycles. The zero-order valence-corrected chi connectivity index (χ0v) is 13.0. The molecule has 106 valence electrons. The lowest BCUT2D eigenvalue weighted by molar-refractivity contribution is 0.0695. The molecule has 0 fully saturated rings. The zero-order valence-electron chi connectivity index (χ0n) is 10.6. The highest BCUT2D eigenvalue weighted by Gasteiger charge is 2.18. The third-order valence-electron chi connectivity index (χ3n) is 2.33. The lowest BCUT2D eigenvalue weighted by Crippen LogP contribution is -2.16. The molecule has 0 heterocycles. The zero-order chi connectivity index (χ0) is 14.6. The first-order valence-corrected chi connectivity index (χ1v) is 8.06. The van der Waals surface area contributed by atoms with E-state index in [1.165, 1.54) is 12.1 Å². The van der Waals surface area contributed by atoms with Gasteiger partial charge in [-0.1, -0.05) is 0 Å². The molecule has 0 unspecified atom stereocenters. The molecule has 0 aliphatic carbocycles. The van der Waals surface area contributed by atoms with Gasteiger partial charge in [-0.25, -0.2) is 13.2 Å². The largest absolute Gasteiger partial charge is 0.478 e. The summed E-state index contributed by atoms with van der Waals surface area (Å²) in [5.41, 5.74) is -0.0779. The van der Waals surface area contributed by atoms with Crippen molar-refractivity contribution in [3.8, 4) is 0 Å². The normalized spacial score (nSPS) is 11.8. The Kier molecular flexibility index (Phi) is 5.51. The summed E-state index contributed by atoms with van der Waals surface area (Å²) in [6.07, 6.45) is -0.0466. The molecule has 0 spiro atoms. The Bertz CT molecular complexity index is 565. The van der Waals surface area contributed by atoms with Crippen LogP contribution in [0.1, 0.15) is 24.2 Å². The summed E-state index contributed by atoms with van der Waals surface area (Å²) < 4.78 is 29.6. The SMILES string of the molecule is CC(C)OCCS(=O)(=O)c1ccc(Br)c(C(=O)O)c1. The number of aromatic carboxylic acids is 1. The van der Waals surface area contributed by atoms with Crippen molar-refractivity contribution in [3.63, 3.8) is 0 Å². The molecule has 1 N–H and O–H groups in total. The van der Waals surface area contributed by atoms with Crippen LogP contribution in [0.15, 0.2) is 27.6 Å². The van der Waals surface area contributed by atoms with Crippen molar-refractivity contribution >= 4 is 31.7 Å². The molecule has 0 amide bonds. The lowest BCUT2D eigenvalue weighted by atomic mass is 10.2. The molecule has 5 nitrogen and oxygen atoms in total.